The molecule has 0 amide bonds. The van der Waals surface area contributed by atoms with Crippen molar-refractivity contribution in [2.45, 2.75) is 31.7 Å². The Morgan fingerprint density at radius 2 is 2.45 bits per heavy atom. The molecule has 11 heavy (non-hydrogen) atoms. The van der Waals surface area contributed by atoms with E-state index in [2.05, 4.69) is 0 Å². The number of nitrogens with zero attached hydrogens (tertiary/aromatic N) is 1. The first kappa shape index (κ1) is 5.89. The van der Waals surface area contributed by atoms with E-state index in [1.54, 1.807) is 11.5 Å². The topological polar surface area (TPSA) is 21.7 Å². The molecule has 0 radical (unpaired) electrons. The van der Waals surface area contributed by atoms with Crippen molar-refractivity contribution in [2.24, 2.45) is 5.92 Å². The second-order valence-corrected chi connectivity index (χ2v) is 3.52. The summed E-state index contributed by atoms with van der Waals surface area (Å²) in [6.07, 6.45) is 6.80. The van der Waals surface area contributed by atoms with Gasteiger partial charge in [0.25, 0.3) is 0 Å². The monoisotopic (exact) mass is 153 g/mol. The van der Waals surface area contributed by atoms with E-state index in [9.17, 15) is 0 Å². The quantitative estimate of drug-likeness (QED) is 0.527. The first-order valence-corrected chi connectivity index (χ1v) is 4.27. The minimum absolute atomic E-state index is 0.510. The molecule has 60 valence electrons. The summed E-state index contributed by atoms with van der Waals surface area (Å²) in [4.78, 5) is 10.7. The lowest BCUT2D eigenvalue weighted by Gasteiger charge is -2.36. The number of hydrogen-bond acceptors (Lipinski definition) is 3. The molecule has 2 aliphatic heterocycles. The van der Waals surface area contributed by atoms with Crippen LogP contribution in [0.5, 0.6) is 0 Å². The minimum Gasteiger partial charge on any atom is -0.375 e. The maximum atomic E-state index is 5.44. The van der Waals surface area contributed by atoms with E-state index >= 15 is 0 Å². The summed E-state index contributed by atoms with van der Waals surface area (Å²) < 4.78 is 0. The maximum Gasteiger partial charge on any atom is 0.168 e. The van der Waals surface area contributed by atoms with Crippen LogP contribution >= 0.6 is 0 Å². The van der Waals surface area contributed by atoms with Crippen LogP contribution in [0, 0.1) is 5.92 Å². The Morgan fingerprint density at radius 1 is 1.45 bits per heavy atom. The highest BCUT2D eigenvalue weighted by atomic mass is 17.0. The molecule has 4 bridgehead atoms. The molecule has 0 aromatic carbocycles. The van der Waals surface area contributed by atoms with E-state index in [0.29, 0.717) is 12.0 Å². The Kier molecular flexibility index (Phi) is 1.02. The Bertz CT molecular complexity index is 214. The van der Waals surface area contributed by atoms with Crippen LogP contribution in [-0.4, -0.2) is 11.3 Å². The molecule has 0 N–H and O–H groups in total. The van der Waals surface area contributed by atoms with Gasteiger partial charge in [-0.1, -0.05) is 6.42 Å². The van der Waals surface area contributed by atoms with Crippen LogP contribution in [0.1, 0.15) is 25.7 Å². The molecular weight excluding hydrogens is 142 g/mol. The summed E-state index contributed by atoms with van der Waals surface area (Å²) in [7, 11) is 0. The van der Waals surface area contributed by atoms with Gasteiger partial charge in [-0.3, -0.25) is 0 Å². The third-order valence-electron chi connectivity index (χ3n) is 2.82. The molecular formula is C8H11NO2. The lowest BCUT2D eigenvalue weighted by Crippen LogP contribution is -2.40. The first-order valence-electron chi connectivity index (χ1n) is 4.27. The highest BCUT2D eigenvalue weighted by Gasteiger charge is 2.41. The van der Waals surface area contributed by atoms with Gasteiger partial charge in [0.2, 0.25) is 0 Å². The number of rotatable bonds is 0. The molecule has 3 heteroatoms. The fraction of sp³-hybridized carbons (Fsp3) is 0.750. The lowest BCUT2D eigenvalue weighted by atomic mass is 9.84. The van der Waals surface area contributed by atoms with Crippen LogP contribution < -0.4 is 0 Å². The van der Waals surface area contributed by atoms with E-state index in [4.69, 9.17) is 9.68 Å². The molecule has 0 aromatic heterocycles. The lowest BCUT2D eigenvalue weighted by molar-refractivity contribution is -0.337. The zero-order valence-corrected chi connectivity index (χ0v) is 6.32. The Hall–Kier alpha value is -0.700. The molecule has 2 heterocycles. The largest absolute Gasteiger partial charge is 0.375 e. The van der Waals surface area contributed by atoms with Crippen LogP contribution in [0.4, 0.5) is 0 Å². The SMILES string of the molecule is C1=C2ON(O1)C1CCCC2C1. The summed E-state index contributed by atoms with van der Waals surface area (Å²) in [5.74, 6) is 1.69. The molecule has 1 saturated carbocycles. The van der Waals surface area contributed by atoms with Gasteiger partial charge in [-0.25, -0.2) is 0 Å². The highest BCUT2D eigenvalue weighted by molar-refractivity contribution is 5.03. The zero-order valence-electron chi connectivity index (χ0n) is 6.32. The van der Waals surface area contributed by atoms with Crippen LogP contribution in [-0.2, 0) is 9.68 Å². The van der Waals surface area contributed by atoms with E-state index in [1.807, 2.05) is 0 Å². The predicted octanol–water partition coefficient (Wildman–Crippen LogP) is 1.58. The summed E-state index contributed by atoms with van der Waals surface area (Å²) in [6, 6.07) is 0.510. The van der Waals surface area contributed by atoms with Gasteiger partial charge in [-0.05, 0) is 19.3 Å². The normalized spacial score (nSPS) is 45.8. The summed E-state index contributed by atoms with van der Waals surface area (Å²) in [5.41, 5.74) is 0. The van der Waals surface area contributed by atoms with E-state index in [1.165, 1.54) is 25.7 Å². The van der Waals surface area contributed by atoms with Gasteiger partial charge in [-0.15, -0.1) is 0 Å². The molecule has 2 fully saturated rings. The molecule has 1 aliphatic carbocycles. The summed E-state index contributed by atoms with van der Waals surface area (Å²) >= 11 is 0. The van der Waals surface area contributed by atoms with Gasteiger partial charge >= 0.3 is 0 Å². The molecule has 3 unspecified atom stereocenters. The van der Waals surface area contributed by atoms with Gasteiger partial charge < -0.3 is 9.68 Å². The average molecular weight is 153 g/mol. The van der Waals surface area contributed by atoms with Crippen LogP contribution in [0.2, 0.25) is 0 Å². The van der Waals surface area contributed by atoms with Crippen molar-refractivity contribution >= 4 is 0 Å². The Morgan fingerprint density at radius 3 is 3.45 bits per heavy atom. The molecule has 1 saturated heterocycles. The van der Waals surface area contributed by atoms with Crippen molar-refractivity contribution in [3.63, 3.8) is 0 Å². The van der Waals surface area contributed by atoms with E-state index in [0.717, 1.165) is 5.76 Å². The average Bonchev–Trinajstić information content (AvgIpc) is 2.48. The highest BCUT2D eigenvalue weighted by Crippen LogP contribution is 2.41. The van der Waals surface area contributed by atoms with Gasteiger partial charge in [0.05, 0.1) is 6.04 Å². The van der Waals surface area contributed by atoms with Crippen molar-refractivity contribution in [2.75, 3.05) is 0 Å². The molecule has 3 nitrogen and oxygen atoms in total. The molecule has 0 aromatic rings. The van der Waals surface area contributed by atoms with Crippen molar-refractivity contribution in [1.82, 2.24) is 5.23 Å². The number of fused-ring (bicyclic) bond motifs is 6. The van der Waals surface area contributed by atoms with Crippen molar-refractivity contribution in [1.29, 1.82) is 0 Å². The third kappa shape index (κ3) is 0.717. The van der Waals surface area contributed by atoms with Gasteiger partial charge in [0.15, 0.2) is 12.0 Å². The maximum absolute atomic E-state index is 5.44. The van der Waals surface area contributed by atoms with Gasteiger partial charge in [-0.2, -0.15) is 0 Å². The molecule has 3 rings (SSSR count). The van der Waals surface area contributed by atoms with Crippen molar-refractivity contribution < 1.29 is 9.68 Å². The van der Waals surface area contributed by atoms with Crippen molar-refractivity contribution in [3.05, 3.63) is 12.0 Å². The van der Waals surface area contributed by atoms with Crippen LogP contribution in [0.3, 0.4) is 0 Å². The van der Waals surface area contributed by atoms with Crippen LogP contribution in [0.15, 0.2) is 12.0 Å². The fourth-order valence-electron chi connectivity index (χ4n) is 2.20. The second-order valence-electron chi connectivity index (χ2n) is 3.52. The van der Waals surface area contributed by atoms with E-state index < -0.39 is 0 Å². The predicted molar refractivity (Wildman–Crippen MR) is 37.8 cm³/mol. The minimum atomic E-state index is 0.510. The number of hydroxylamine groups is 2. The van der Waals surface area contributed by atoms with E-state index in [-0.39, 0.29) is 0 Å². The summed E-state index contributed by atoms with van der Waals surface area (Å²) in [6.45, 7) is 0. The Balaban J connectivity index is 1.94. The zero-order chi connectivity index (χ0) is 7.26. The smallest absolute Gasteiger partial charge is 0.168 e. The standard InChI is InChI=1S/C8H11NO2/c1-2-6-4-7(3-1)9-10-5-8(6)11-9/h5-7H,1-4H2. The third-order valence-corrected chi connectivity index (χ3v) is 2.82. The second kappa shape index (κ2) is 1.91. The molecule has 3 atom stereocenters. The fourth-order valence-corrected chi connectivity index (χ4v) is 2.20. The van der Waals surface area contributed by atoms with Crippen molar-refractivity contribution in [3.8, 4) is 0 Å². The van der Waals surface area contributed by atoms with Gasteiger partial charge in [0, 0.05) is 11.1 Å². The first-order chi connectivity index (χ1) is 5.43. The number of allylic oxidation sites excluding steroid dienone is 1. The van der Waals surface area contributed by atoms with Gasteiger partial charge in [0.1, 0.15) is 0 Å². The summed E-state index contributed by atoms with van der Waals surface area (Å²) in [5, 5.41) is 1.66. The molecule has 3 aliphatic rings. The number of hydrogen-bond donors (Lipinski definition) is 0. The Labute approximate surface area is 65.5 Å². The van der Waals surface area contributed by atoms with Crippen LogP contribution in [0.25, 0.3) is 0 Å². The molecule has 0 spiro atoms.